The van der Waals surface area contributed by atoms with E-state index in [9.17, 15) is 15.0 Å². The number of allylic oxidation sites excluding steroid dienone is 2. The summed E-state index contributed by atoms with van der Waals surface area (Å²) in [6.45, 7) is 0. The zero-order chi connectivity index (χ0) is 19.4. The largest absolute Gasteiger partial charge is 0.507 e. The summed E-state index contributed by atoms with van der Waals surface area (Å²) in [6.07, 6.45) is 3.12. The molecule has 0 radical (unpaired) electrons. The van der Waals surface area contributed by atoms with E-state index < -0.39 is 5.92 Å². The lowest BCUT2D eigenvalue weighted by Crippen LogP contribution is -2.30. The second-order valence-corrected chi connectivity index (χ2v) is 6.98. The van der Waals surface area contributed by atoms with E-state index >= 15 is 0 Å². The van der Waals surface area contributed by atoms with Gasteiger partial charge in [-0.05, 0) is 30.5 Å². The van der Waals surface area contributed by atoms with E-state index in [0.717, 1.165) is 5.56 Å². The maximum Gasteiger partial charge on any atom is 0.170 e. The van der Waals surface area contributed by atoms with Gasteiger partial charge in [-0.25, -0.2) is 4.99 Å². The monoisotopic (exact) mass is 370 g/mol. The highest BCUT2D eigenvalue weighted by Crippen LogP contribution is 2.44. The fraction of sp³-hybridized carbons (Fsp3) is 0.190. The van der Waals surface area contributed by atoms with E-state index in [-0.39, 0.29) is 28.3 Å². The third-order valence-corrected chi connectivity index (χ3v) is 5.44. The van der Waals surface area contributed by atoms with Crippen LogP contribution >= 0.6 is 0 Å². The number of azo groups is 1. The standard InChI is InChI=1S/C21H14N4O3/c22-8-10-4-6-11(7-5-10)15-16-13(2-1-3-14(16)26)24-19-17(15)20(27)12-9-23-25-18(12)21(19)28/h4-7,9,15,27-28H,1-3H2. The fourth-order valence-corrected chi connectivity index (χ4v) is 4.14. The molecule has 3 aliphatic rings. The highest BCUT2D eigenvalue weighted by molar-refractivity contribution is 5.99. The van der Waals surface area contributed by atoms with Gasteiger partial charge in [0, 0.05) is 29.2 Å². The molecule has 0 fully saturated rings. The Hall–Kier alpha value is -3.79. The van der Waals surface area contributed by atoms with Gasteiger partial charge in [0.1, 0.15) is 16.8 Å². The second-order valence-electron chi connectivity index (χ2n) is 6.98. The Morgan fingerprint density at radius 3 is 2.64 bits per heavy atom. The first-order valence-corrected chi connectivity index (χ1v) is 8.94. The molecule has 2 aromatic rings. The van der Waals surface area contributed by atoms with Crippen molar-refractivity contribution in [3.05, 3.63) is 62.8 Å². The van der Waals surface area contributed by atoms with E-state index in [0.29, 0.717) is 46.9 Å². The Kier molecular flexibility index (Phi) is 3.43. The van der Waals surface area contributed by atoms with Gasteiger partial charge in [0.05, 0.1) is 23.1 Å². The Morgan fingerprint density at radius 2 is 1.89 bits per heavy atom. The lowest BCUT2D eigenvalue weighted by molar-refractivity contribution is -0.116. The number of phenolic OH excluding ortho intramolecular Hbond substituents is 2. The number of Topliss-reactive ketones (excluding diaryl/α,β-unsaturated/α-hetero) is 1. The topological polar surface area (TPSA) is 118 Å². The summed E-state index contributed by atoms with van der Waals surface area (Å²) in [4.78, 5) is 17.4. The van der Waals surface area contributed by atoms with Crippen LogP contribution in [0.2, 0.25) is 0 Å². The summed E-state index contributed by atoms with van der Waals surface area (Å²) in [5, 5.41) is 39.0. The maximum absolute atomic E-state index is 12.8. The number of rotatable bonds is 1. The smallest absolute Gasteiger partial charge is 0.170 e. The molecular weight excluding hydrogens is 356 g/mol. The van der Waals surface area contributed by atoms with Crippen molar-refractivity contribution in [3.8, 4) is 17.6 Å². The molecule has 28 heavy (non-hydrogen) atoms. The van der Waals surface area contributed by atoms with Crippen LogP contribution in [-0.4, -0.2) is 16.0 Å². The van der Waals surface area contributed by atoms with Crippen LogP contribution in [0.4, 0.5) is 5.69 Å². The van der Waals surface area contributed by atoms with E-state index in [1.54, 1.807) is 24.3 Å². The number of hydrogen-bond acceptors (Lipinski definition) is 7. The van der Waals surface area contributed by atoms with Crippen molar-refractivity contribution < 1.29 is 15.0 Å². The second kappa shape index (κ2) is 5.86. The first-order chi connectivity index (χ1) is 13.6. The quantitative estimate of drug-likeness (QED) is 0.750. The molecule has 1 aliphatic carbocycles. The minimum atomic E-state index is -0.576. The number of aromatic hydroxyl groups is 2. The highest BCUT2D eigenvalue weighted by Gasteiger charge is 2.37. The predicted octanol–water partition coefficient (Wildman–Crippen LogP) is 2.58. The number of nitriles is 1. The number of ketones is 1. The van der Waals surface area contributed by atoms with Crippen LogP contribution in [0.1, 0.15) is 41.9 Å². The Balaban J connectivity index is 1.87. The first-order valence-electron chi connectivity index (χ1n) is 8.94. The summed E-state index contributed by atoms with van der Waals surface area (Å²) >= 11 is 0. The van der Waals surface area contributed by atoms with Crippen molar-refractivity contribution in [2.24, 2.45) is 15.2 Å². The zero-order valence-corrected chi connectivity index (χ0v) is 14.7. The molecule has 2 aliphatic heterocycles. The average Bonchev–Trinajstić information content (AvgIpc) is 3.21. The summed E-state index contributed by atoms with van der Waals surface area (Å²) in [6, 6.07) is 8.97. The first kappa shape index (κ1) is 16.4. The van der Waals surface area contributed by atoms with Crippen LogP contribution in [0, 0.1) is 11.3 Å². The summed E-state index contributed by atoms with van der Waals surface area (Å²) in [5.74, 6) is -0.824. The van der Waals surface area contributed by atoms with Gasteiger partial charge in [-0.15, -0.1) is 5.11 Å². The Labute approximate surface area is 159 Å². The molecule has 136 valence electrons. The molecule has 0 aromatic heterocycles. The van der Waals surface area contributed by atoms with Crippen molar-refractivity contribution in [1.82, 2.24) is 0 Å². The van der Waals surface area contributed by atoms with Crippen molar-refractivity contribution in [1.29, 1.82) is 5.26 Å². The molecule has 0 amide bonds. The van der Waals surface area contributed by atoms with E-state index in [1.807, 2.05) is 0 Å². The molecule has 1 unspecified atom stereocenters. The van der Waals surface area contributed by atoms with Crippen LogP contribution in [0.25, 0.3) is 6.20 Å². The molecule has 0 saturated carbocycles. The highest BCUT2D eigenvalue weighted by atomic mass is 16.3. The molecule has 7 heteroatoms. The molecule has 1 atom stereocenters. The van der Waals surface area contributed by atoms with Crippen molar-refractivity contribution in [3.63, 3.8) is 0 Å². The number of nitrogens with zero attached hydrogens (tertiary/aromatic N) is 4. The fourth-order valence-electron chi connectivity index (χ4n) is 4.14. The van der Waals surface area contributed by atoms with Gasteiger partial charge in [0.15, 0.2) is 11.5 Å². The minimum Gasteiger partial charge on any atom is -0.507 e. The third-order valence-electron chi connectivity index (χ3n) is 5.44. The normalized spacial score (nSPS) is 19.2. The third kappa shape index (κ3) is 2.15. The number of fused-ring (bicyclic) bond motifs is 2. The van der Waals surface area contributed by atoms with Gasteiger partial charge < -0.3 is 10.2 Å². The van der Waals surface area contributed by atoms with Crippen LogP contribution in [0.3, 0.4) is 0 Å². The van der Waals surface area contributed by atoms with Crippen LogP contribution in [0.5, 0.6) is 11.5 Å². The SMILES string of the molecule is N#Cc1ccc(C2C3=C(CCCC3=O)N=c3c(O)c4c(c(O)c32)=CN=N4)cc1. The number of carbonyl (C=O) groups excluding carboxylic acids is 1. The van der Waals surface area contributed by atoms with Crippen LogP contribution < -0.4 is 10.6 Å². The maximum atomic E-state index is 12.8. The number of carbonyl (C=O) groups is 1. The van der Waals surface area contributed by atoms with E-state index in [4.69, 9.17) is 5.26 Å². The molecule has 7 nitrogen and oxygen atoms in total. The lowest BCUT2D eigenvalue weighted by atomic mass is 9.76. The van der Waals surface area contributed by atoms with Crippen molar-refractivity contribution in [2.45, 2.75) is 25.2 Å². The molecule has 0 bridgehead atoms. The molecule has 2 aromatic carbocycles. The van der Waals surface area contributed by atoms with Gasteiger partial charge in [-0.2, -0.15) is 10.4 Å². The Bertz CT molecular complexity index is 1280. The molecule has 0 spiro atoms. The number of hydrogen-bond donors (Lipinski definition) is 2. The van der Waals surface area contributed by atoms with Crippen LogP contribution in [-0.2, 0) is 4.79 Å². The van der Waals surface area contributed by atoms with Crippen LogP contribution in [0.15, 0.2) is 50.8 Å². The van der Waals surface area contributed by atoms with E-state index in [2.05, 4.69) is 21.3 Å². The summed E-state index contributed by atoms with van der Waals surface area (Å²) < 4.78 is 0. The zero-order valence-electron chi connectivity index (χ0n) is 14.7. The number of benzene rings is 2. The van der Waals surface area contributed by atoms with E-state index in [1.165, 1.54) is 6.20 Å². The van der Waals surface area contributed by atoms with Gasteiger partial charge in [-0.1, -0.05) is 12.1 Å². The number of phenols is 2. The summed E-state index contributed by atoms with van der Waals surface area (Å²) in [7, 11) is 0. The molecule has 0 saturated heterocycles. The summed E-state index contributed by atoms with van der Waals surface area (Å²) in [5.41, 5.74) is 2.99. The van der Waals surface area contributed by atoms with Gasteiger partial charge in [-0.3, -0.25) is 4.79 Å². The van der Waals surface area contributed by atoms with Gasteiger partial charge >= 0.3 is 0 Å². The van der Waals surface area contributed by atoms with Gasteiger partial charge in [0.25, 0.3) is 0 Å². The van der Waals surface area contributed by atoms with Crippen molar-refractivity contribution >= 4 is 17.7 Å². The molecule has 5 rings (SSSR count). The lowest BCUT2D eigenvalue weighted by Gasteiger charge is -2.29. The minimum absolute atomic E-state index is 0.0113. The predicted molar refractivity (Wildman–Crippen MR) is 98.4 cm³/mol. The van der Waals surface area contributed by atoms with Gasteiger partial charge in [0.2, 0.25) is 0 Å². The molecular formula is C21H14N4O3. The Morgan fingerprint density at radius 1 is 1.11 bits per heavy atom. The average molecular weight is 370 g/mol. The molecule has 2 N–H and O–H groups in total. The van der Waals surface area contributed by atoms with Crippen molar-refractivity contribution in [2.75, 3.05) is 0 Å². The molecule has 2 heterocycles.